The molecule has 1 aliphatic rings. The van der Waals surface area contributed by atoms with Crippen LogP contribution in [0.25, 0.3) is 0 Å². The summed E-state index contributed by atoms with van der Waals surface area (Å²) < 4.78 is 0. The first-order valence-corrected chi connectivity index (χ1v) is 4.07. The minimum absolute atomic E-state index is 0. The Balaban J connectivity index is 0.00000144. The van der Waals surface area contributed by atoms with Crippen molar-refractivity contribution in [3.8, 4) is 0 Å². The maximum atomic E-state index is 10.5. The molecule has 0 bridgehead atoms. The normalized spacial score (nSPS) is 27.4. The minimum Gasteiger partial charge on any atom is -0.481 e. The molecule has 0 spiro atoms. The smallest absolute Gasteiger partial charge is 0.306 e. The summed E-state index contributed by atoms with van der Waals surface area (Å²) in [5, 5.41) is 17.2. The van der Waals surface area contributed by atoms with Gasteiger partial charge in [0.25, 0.3) is 0 Å². The van der Waals surface area contributed by atoms with E-state index in [2.05, 4.69) is 0 Å². The molecule has 13 heavy (non-hydrogen) atoms. The summed E-state index contributed by atoms with van der Waals surface area (Å²) in [6.07, 6.45) is 2.03. The van der Waals surface area contributed by atoms with Gasteiger partial charge in [-0.25, -0.2) is 0 Å². The Bertz CT molecular complexity index is 174. The molecule has 0 amide bonds. The molecule has 1 fully saturated rings. The van der Waals surface area contributed by atoms with E-state index in [4.69, 9.17) is 10.2 Å². The number of carbonyl (C=O) groups is 2. The first-order chi connectivity index (χ1) is 5.61. The molecule has 0 atom stereocenters. The van der Waals surface area contributed by atoms with Crippen LogP contribution in [0.2, 0.25) is 0 Å². The van der Waals surface area contributed by atoms with Crippen molar-refractivity contribution in [2.45, 2.75) is 25.7 Å². The fourth-order valence-electron chi connectivity index (χ4n) is 1.59. The molecule has 1 saturated carbocycles. The maximum Gasteiger partial charge on any atom is 0.306 e. The van der Waals surface area contributed by atoms with Crippen molar-refractivity contribution in [1.82, 2.24) is 0 Å². The van der Waals surface area contributed by atoms with Crippen LogP contribution in [0.1, 0.15) is 25.7 Å². The SMILES string of the molecule is O=C(O)[C@H]1CC[C@H](C(=O)O)CC1.[Cu]. The number of hydrogen-bond donors (Lipinski definition) is 2. The van der Waals surface area contributed by atoms with Crippen LogP contribution >= 0.6 is 0 Å². The average molecular weight is 236 g/mol. The van der Waals surface area contributed by atoms with Gasteiger partial charge in [-0.15, -0.1) is 0 Å². The van der Waals surface area contributed by atoms with Crippen LogP contribution in [0.3, 0.4) is 0 Å². The van der Waals surface area contributed by atoms with Crippen LogP contribution in [0.15, 0.2) is 0 Å². The van der Waals surface area contributed by atoms with Gasteiger partial charge in [-0.3, -0.25) is 9.59 Å². The summed E-state index contributed by atoms with van der Waals surface area (Å²) in [6, 6.07) is 0. The molecule has 1 radical (unpaired) electrons. The summed E-state index contributed by atoms with van der Waals surface area (Å²) in [6.45, 7) is 0. The molecule has 1 rings (SSSR count). The first kappa shape index (κ1) is 12.5. The summed E-state index contributed by atoms with van der Waals surface area (Å²) in [4.78, 5) is 21.0. The molecule has 0 aromatic heterocycles. The minimum atomic E-state index is -0.793. The predicted molar refractivity (Wildman–Crippen MR) is 40.7 cm³/mol. The van der Waals surface area contributed by atoms with E-state index in [1.165, 1.54) is 0 Å². The van der Waals surface area contributed by atoms with E-state index in [-0.39, 0.29) is 28.9 Å². The zero-order valence-electron chi connectivity index (χ0n) is 7.00. The predicted octanol–water partition coefficient (Wildman–Crippen LogP) is 0.959. The summed E-state index contributed by atoms with van der Waals surface area (Å²) in [7, 11) is 0. The quantitative estimate of drug-likeness (QED) is 0.700. The van der Waals surface area contributed by atoms with E-state index >= 15 is 0 Å². The van der Waals surface area contributed by atoms with Crippen molar-refractivity contribution in [3.05, 3.63) is 0 Å². The molecule has 0 heterocycles. The van der Waals surface area contributed by atoms with Gasteiger partial charge in [0.2, 0.25) is 0 Å². The molecule has 0 unspecified atom stereocenters. The van der Waals surface area contributed by atoms with E-state index < -0.39 is 11.9 Å². The molecule has 5 heteroatoms. The van der Waals surface area contributed by atoms with Crippen molar-refractivity contribution in [1.29, 1.82) is 0 Å². The van der Waals surface area contributed by atoms with Crippen LogP contribution in [0.4, 0.5) is 0 Å². The second kappa shape index (κ2) is 5.25. The van der Waals surface area contributed by atoms with Crippen LogP contribution in [0, 0.1) is 11.8 Å². The molecule has 0 aromatic carbocycles. The molecule has 79 valence electrons. The number of carboxylic acid groups (broad SMARTS) is 2. The second-order valence-corrected chi connectivity index (χ2v) is 3.23. The molecule has 0 aromatic rings. The fraction of sp³-hybridized carbons (Fsp3) is 0.750. The van der Waals surface area contributed by atoms with Crippen molar-refractivity contribution >= 4 is 11.9 Å². The molecule has 2 N–H and O–H groups in total. The topological polar surface area (TPSA) is 74.6 Å². The Hall–Kier alpha value is -0.541. The van der Waals surface area contributed by atoms with Gasteiger partial charge in [0, 0.05) is 17.1 Å². The number of hydrogen-bond acceptors (Lipinski definition) is 2. The van der Waals surface area contributed by atoms with Gasteiger partial charge in [0.15, 0.2) is 0 Å². The third-order valence-corrected chi connectivity index (χ3v) is 2.43. The van der Waals surface area contributed by atoms with Crippen LogP contribution < -0.4 is 0 Å². The van der Waals surface area contributed by atoms with E-state index in [9.17, 15) is 9.59 Å². The molecule has 0 saturated heterocycles. The monoisotopic (exact) mass is 235 g/mol. The van der Waals surface area contributed by atoms with E-state index in [0.717, 1.165) is 0 Å². The van der Waals surface area contributed by atoms with Gasteiger partial charge in [-0.1, -0.05) is 0 Å². The Morgan fingerprint density at radius 3 is 1.23 bits per heavy atom. The summed E-state index contributed by atoms with van der Waals surface area (Å²) in [5.74, 6) is -2.22. The van der Waals surface area contributed by atoms with Crippen molar-refractivity contribution < 1.29 is 36.9 Å². The van der Waals surface area contributed by atoms with Gasteiger partial charge in [0.05, 0.1) is 11.8 Å². The van der Waals surface area contributed by atoms with Gasteiger partial charge in [-0.2, -0.15) is 0 Å². The standard InChI is InChI=1S/C8H12O4.Cu/c9-7(10)5-1-2-6(4-3-5)8(11)12;/h5-6H,1-4H2,(H,9,10)(H,11,12);/t5-,6-;. The van der Waals surface area contributed by atoms with Gasteiger partial charge < -0.3 is 10.2 Å². The number of aliphatic carboxylic acids is 2. The Morgan fingerprint density at radius 2 is 1.08 bits per heavy atom. The third kappa shape index (κ3) is 3.36. The molecule has 0 aliphatic heterocycles. The number of carboxylic acids is 2. The largest absolute Gasteiger partial charge is 0.481 e. The Morgan fingerprint density at radius 1 is 0.846 bits per heavy atom. The average Bonchev–Trinajstić information content (AvgIpc) is 2.04. The second-order valence-electron chi connectivity index (χ2n) is 3.23. The summed E-state index contributed by atoms with van der Waals surface area (Å²) in [5.41, 5.74) is 0. The van der Waals surface area contributed by atoms with Crippen LogP contribution in [0.5, 0.6) is 0 Å². The molecular weight excluding hydrogens is 224 g/mol. The van der Waals surface area contributed by atoms with Gasteiger partial charge in [-0.05, 0) is 25.7 Å². The zero-order chi connectivity index (χ0) is 9.14. The van der Waals surface area contributed by atoms with E-state index in [1.807, 2.05) is 0 Å². The zero-order valence-corrected chi connectivity index (χ0v) is 7.94. The van der Waals surface area contributed by atoms with E-state index in [1.54, 1.807) is 0 Å². The first-order valence-electron chi connectivity index (χ1n) is 4.07. The molecule has 4 nitrogen and oxygen atoms in total. The van der Waals surface area contributed by atoms with Crippen LogP contribution in [-0.4, -0.2) is 22.2 Å². The molecule has 1 aliphatic carbocycles. The Labute approximate surface area is 86.8 Å². The van der Waals surface area contributed by atoms with Crippen molar-refractivity contribution in [2.75, 3.05) is 0 Å². The molecular formula is C8H12CuO4. The van der Waals surface area contributed by atoms with Crippen molar-refractivity contribution in [3.63, 3.8) is 0 Å². The Kier molecular flexibility index (Phi) is 5.03. The van der Waals surface area contributed by atoms with E-state index in [0.29, 0.717) is 25.7 Å². The maximum absolute atomic E-state index is 10.5. The summed E-state index contributed by atoms with van der Waals surface area (Å²) >= 11 is 0. The third-order valence-electron chi connectivity index (χ3n) is 2.43. The van der Waals surface area contributed by atoms with Gasteiger partial charge in [0.1, 0.15) is 0 Å². The van der Waals surface area contributed by atoms with Crippen molar-refractivity contribution in [2.24, 2.45) is 11.8 Å². The van der Waals surface area contributed by atoms with Gasteiger partial charge >= 0.3 is 11.9 Å². The fourth-order valence-corrected chi connectivity index (χ4v) is 1.59. The number of rotatable bonds is 2. The van der Waals surface area contributed by atoms with Crippen LogP contribution in [-0.2, 0) is 26.7 Å².